The molecule has 0 atom stereocenters. The highest BCUT2D eigenvalue weighted by atomic mass is 35.5. The number of hydrogen-bond donors (Lipinski definition) is 0. The summed E-state index contributed by atoms with van der Waals surface area (Å²) >= 11 is 12.0. The number of halogens is 2. The molecule has 1 saturated heterocycles. The fourth-order valence-electron chi connectivity index (χ4n) is 3.10. The number of benzene rings is 1. The van der Waals surface area contributed by atoms with Gasteiger partial charge in [0.25, 0.3) is 5.91 Å². The maximum Gasteiger partial charge on any atom is 0.255 e. The number of carbonyl (C=O) groups is 1. The van der Waals surface area contributed by atoms with Gasteiger partial charge in [-0.1, -0.05) is 36.2 Å². The number of likely N-dealkylation sites (tertiary alicyclic amines) is 1. The average Bonchev–Trinajstić information content (AvgIpc) is 2.63. The number of piperidine rings is 1. The van der Waals surface area contributed by atoms with Crippen molar-refractivity contribution in [2.75, 3.05) is 13.1 Å². The first kappa shape index (κ1) is 20.1. The van der Waals surface area contributed by atoms with Gasteiger partial charge in [0, 0.05) is 25.5 Å². The van der Waals surface area contributed by atoms with Gasteiger partial charge in [0.2, 0.25) is 0 Å². The lowest BCUT2D eigenvalue weighted by molar-refractivity contribution is 0.0696. The van der Waals surface area contributed by atoms with Crippen molar-refractivity contribution in [3.63, 3.8) is 0 Å². The minimum absolute atomic E-state index is 0.00166. The lowest BCUT2D eigenvalue weighted by Gasteiger charge is -2.30. The van der Waals surface area contributed by atoms with E-state index >= 15 is 0 Å². The first-order chi connectivity index (χ1) is 12.8. The molecule has 2 heterocycles. The molecule has 0 saturated carbocycles. The normalized spacial score (nSPS) is 15.7. The van der Waals surface area contributed by atoms with Crippen LogP contribution in [0.25, 0.3) is 0 Å². The summed E-state index contributed by atoms with van der Waals surface area (Å²) in [7, 11) is -3.72. The minimum Gasteiger partial charge on any atom is -0.339 e. The molecule has 8 heteroatoms. The van der Waals surface area contributed by atoms with Gasteiger partial charge in [0.15, 0.2) is 9.84 Å². The molecule has 5 nitrogen and oxygen atoms in total. The summed E-state index contributed by atoms with van der Waals surface area (Å²) in [5.74, 6) is 0.193. The lowest BCUT2D eigenvalue weighted by Crippen LogP contribution is -2.38. The standard InChI is InChI=1S/C19H20Cl2N2O3S/c1-13-5-7-23(8-6-13)19(24)15-9-14(10-22-11-15)12-27(25,26)17-4-2-3-16(20)18(17)21/h2-4,9-11,13H,5-8,12H2,1H3. The van der Waals surface area contributed by atoms with Crippen LogP contribution >= 0.6 is 23.2 Å². The van der Waals surface area contributed by atoms with Crippen LogP contribution in [0.2, 0.25) is 10.0 Å². The summed E-state index contributed by atoms with van der Waals surface area (Å²) in [5.41, 5.74) is 0.830. The van der Waals surface area contributed by atoms with E-state index in [2.05, 4.69) is 11.9 Å². The third kappa shape index (κ3) is 4.62. The van der Waals surface area contributed by atoms with Crippen molar-refractivity contribution in [3.05, 3.63) is 57.8 Å². The summed E-state index contributed by atoms with van der Waals surface area (Å²) in [5, 5.41) is 0.181. The number of amides is 1. The Hall–Kier alpha value is -1.63. The molecular weight excluding hydrogens is 407 g/mol. The molecule has 1 fully saturated rings. The Bertz CT molecular complexity index is 955. The van der Waals surface area contributed by atoms with Gasteiger partial charge in [-0.15, -0.1) is 0 Å². The SMILES string of the molecule is CC1CCN(C(=O)c2cncc(CS(=O)(=O)c3cccc(Cl)c3Cl)c2)CC1. The Balaban J connectivity index is 1.81. The van der Waals surface area contributed by atoms with Crippen molar-refractivity contribution >= 4 is 38.9 Å². The molecule has 1 aromatic heterocycles. The Morgan fingerprint density at radius 3 is 2.63 bits per heavy atom. The summed E-state index contributed by atoms with van der Waals surface area (Å²) in [4.78, 5) is 18.5. The van der Waals surface area contributed by atoms with Gasteiger partial charge in [-0.25, -0.2) is 8.42 Å². The molecule has 1 amide bonds. The molecule has 144 valence electrons. The third-order valence-electron chi connectivity index (χ3n) is 4.72. The first-order valence-electron chi connectivity index (χ1n) is 8.68. The zero-order valence-electron chi connectivity index (χ0n) is 14.9. The number of nitrogens with zero attached hydrogens (tertiary/aromatic N) is 2. The van der Waals surface area contributed by atoms with Crippen LogP contribution in [0.5, 0.6) is 0 Å². The number of carbonyl (C=O) groups excluding carboxylic acids is 1. The Morgan fingerprint density at radius 2 is 1.93 bits per heavy atom. The fraction of sp³-hybridized carbons (Fsp3) is 0.368. The number of aromatic nitrogens is 1. The maximum atomic E-state index is 12.7. The highest BCUT2D eigenvalue weighted by molar-refractivity contribution is 7.90. The van der Waals surface area contributed by atoms with Gasteiger partial charge < -0.3 is 4.90 Å². The van der Waals surface area contributed by atoms with Crippen LogP contribution in [0, 0.1) is 5.92 Å². The number of sulfone groups is 1. The van der Waals surface area contributed by atoms with Gasteiger partial charge in [-0.2, -0.15) is 0 Å². The van der Waals surface area contributed by atoms with E-state index in [9.17, 15) is 13.2 Å². The lowest BCUT2D eigenvalue weighted by atomic mass is 9.99. The number of rotatable bonds is 4. The summed E-state index contributed by atoms with van der Waals surface area (Å²) in [6, 6.07) is 6.07. The Morgan fingerprint density at radius 1 is 1.22 bits per heavy atom. The smallest absolute Gasteiger partial charge is 0.255 e. The van der Waals surface area contributed by atoms with Crippen LogP contribution in [-0.4, -0.2) is 37.3 Å². The van der Waals surface area contributed by atoms with Crippen LogP contribution < -0.4 is 0 Å². The van der Waals surface area contributed by atoms with Crippen molar-refractivity contribution in [2.24, 2.45) is 5.92 Å². The third-order valence-corrected chi connectivity index (χ3v) is 7.38. The highest BCUT2D eigenvalue weighted by Gasteiger charge is 2.24. The van der Waals surface area contributed by atoms with Crippen LogP contribution in [-0.2, 0) is 15.6 Å². The number of hydrogen-bond acceptors (Lipinski definition) is 4. The van der Waals surface area contributed by atoms with Gasteiger partial charge in [0.05, 0.1) is 26.3 Å². The Labute approximate surface area is 169 Å². The molecular formula is C19H20Cl2N2O3S. The van der Waals surface area contributed by atoms with Crippen molar-refractivity contribution in [1.82, 2.24) is 9.88 Å². The van der Waals surface area contributed by atoms with Gasteiger partial charge >= 0.3 is 0 Å². The summed E-state index contributed by atoms with van der Waals surface area (Å²) in [6.45, 7) is 3.59. The van der Waals surface area contributed by atoms with Crippen molar-refractivity contribution < 1.29 is 13.2 Å². The zero-order chi connectivity index (χ0) is 19.6. The van der Waals surface area contributed by atoms with E-state index in [0.29, 0.717) is 30.1 Å². The number of pyridine rings is 1. The minimum atomic E-state index is -3.72. The molecule has 27 heavy (non-hydrogen) atoms. The van der Waals surface area contributed by atoms with E-state index in [1.54, 1.807) is 11.0 Å². The second-order valence-corrected chi connectivity index (χ2v) is 9.61. The fourth-order valence-corrected chi connectivity index (χ4v) is 5.23. The predicted molar refractivity (Wildman–Crippen MR) is 106 cm³/mol. The second-order valence-electron chi connectivity index (χ2n) is 6.87. The molecule has 3 rings (SSSR count). The van der Waals surface area contributed by atoms with E-state index in [-0.39, 0.29) is 26.6 Å². The van der Waals surface area contributed by atoms with Crippen molar-refractivity contribution in [3.8, 4) is 0 Å². The molecule has 0 N–H and O–H groups in total. The van der Waals surface area contributed by atoms with Crippen molar-refractivity contribution in [1.29, 1.82) is 0 Å². The molecule has 0 aliphatic carbocycles. The molecule has 1 aliphatic heterocycles. The van der Waals surface area contributed by atoms with E-state index in [4.69, 9.17) is 23.2 Å². The van der Waals surface area contributed by atoms with E-state index in [0.717, 1.165) is 12.8 Å². The van der Waals surface area contributed by atoms with Crippen LogP contribution in [0.3, 0.4) is 0 Å². The van der Waals surface area contributed by atoms with E-state index in [1.807, 2.05) is 0 Å². The maximum absolute atomic E-state index is 12.7. The molecule has 1 aliphatic rings. The topological polar surface area (TPSA) is 67.3 Å². The van der Waals surface area contributed by atoms with Crippen molar-refractivity contribution in [2.45, 2.75) is 30.4 Å². The molecule has 0 unspecified atom stereocenters. The molecule has 0 spiro atoms. The quantitative estimate of drug-likeness (QED) is 0.732. The zero-order valence-corrected chi connectivity index (χ0v) is 17.2. The van der Waals surface area contributed by atoms with Crippen LogP contribution in [0.4, 0.5) is 0 Å². The molecule has 0 radical (unpaired) electrons. The molecule has 0 bridgehead atoms. The van der Waals surface area contributed by atoms with Gasteiger partial charge in [0.1, 0.15) is 0 Å². The monoisotopic (exact) mass is 426 g/mol. The predicted octanol–water partition coefficient (Wildman–Crippen LogP) is 4.23. The second kappa shape index (κ2) is 8.17. The summed E-state index contributed by atoms with van der Waals surface area (Å²) < 4.78 is 25.5. The van der Waals surface area contributed by atoms with E-state index in [1.165, 1.54) is 30.6 Å². The van der Waals surface area contributed by atoms with Crippen LogP contribution in [0.1, 0.15) is 35.7 Å². The molecule has 2 aromatic rings. The molecule has 1 aromatic carbocycles. The highest BCUT2D eigenvalue weighted by Crippen LogP contribution is 2.31. The average molecular weight is 427 g/mol. The summed E-state index contributed by atoms with van der Waals surface area (Å²) in [6.07, 6.45) is 4.87. The van der Waals surface area contributed by atoms with Crippen LogP contribution in [0.15, 0.2) is 41.6 Å². The van der Waals surface area contributed by atoms with Gasteiger partial charge in [-0.3, -0.25) is 9.78 Å². The first-order valence-corrected chi connectivity index (χ1v) is 11.1. The largest absolute Gasteiger partial charge is 0.339 e. The van der Waals surface area contributed by atoms with Gasteiger partial charge in [-0.05, 0) is 42.5 Å². The Kier molecular flexibility index (Phi) is 6.08. The van der Waals surface area contributed by atoms with E-state index < -0.39 is 9.84 Å².